The van der Waals surface area contributed by atoms with Crippen LogP contribution >= 0.6 is 0 Å². The molecule has 2 amide bonds. The summed E-state index contributed by atoms with van der Waals surface area (Å²) in [5.41, 5.74) is -0.263. The van der Waals surface area contributed by atoms with Crippen LogP contribution in [0.1, 0.15) is 12.8 Å². The first kappa shape index (κ1) is 17.1. The summed E-state index contributed by atoms with van der Waals surface area (Å²) in [7, 11) is 0. The highest BCUT2D eigenvalue weighted by Gasteiger charge is 2.33. The van der Waals surface area contributed by atoms with E-state index in [0.717, 1.165) is 11.0 Å². The number of rotatable bonds is 2. The number of benzene rings is 1. The standard InChI is InChI=1S/C14H15F3N2O4/c15-14(16,17)23-11-6-2-1-5-10(11)18-12(21)13(22)19-7-3-4-9(20)8-19/h1-2,5-6,9,20H,3-4,7-8H2,(H,18,21). The van der Waals surface area contributed by atoms with Gasteiger partial charge in [0, 0.05) is 13.1 Å². The van der Waals surface area contributed by atoms with E-state index in [4.69, 9.17) is 0 Å². The maximum Gasteiger partial charge on any atom is 0.573 e. The smallest absolute Gasteiger partial charge is 0.404 e. The summed E-state index contributed by atoms with van der Waals surface area (Å²) < 4.78 is 40.7. The fourth-order valence-corrected chi connectivity index (χ4v) is 2.24. The highest BCUT2D eigenvalue weighted by molar-refractivity contribution is 6.39. The Balaban J connectivity index is 2.06. The van der Waals surface area contributed by atoms with Crippen molar-refractivity contribution < 1.29 is 32.6 Å². The molecule has 0 aromatic heterocycles. The van der Waals surface area contributed by atoms with E-state index in [9.17, 15) is 27.9 Å². The van der Waals surface area contributed by atoms with Crippen LogP contribution in [0.25, 0.3) is 0 Å². The minimum Gasteiger partial charge on any atom is -0.404 e. The lowest BCUT2D eigenvalue weighted by Crippen LogP contribution is -2.46. The van der Waals surface area contributed by atoms with Crippen LogP contribution in [0.2, 0.25) is 0 Å². The topological polar surface area (TPSA) is 78.9 Å². The molecule has 1 aromatic rings. The molecule has 1 fully saturated rings. The van der Waals surface area contributed by atoms with Crippen LogP contribution in [0, 0.1) is 0 Å². The Bertz CT molecular complexity index is 592. The Morgan fingerprint density at radius 2 is 2.00 bits per heavy atom. The van der Waals surface area contributed by atoms with E-state index in [0.29, 0.717) is 19.4 Å². The van der Waals surface area contributed by atoms with Gasteiger partial charge >= 0.3 is 18.2 Å². The van der Waals surface area contributed by atoms with Crippen molar-refractivity contribution in [3.05, 3.63) is 24.3 Å². The van der Waals surface area contributed by atoms with E-state index in [1.54, 1.807) is 0 Å². The van der Waals surface area contributed by atoms with Gasteiger partial charge in [-0.3, -0.25) is 9.59 Å². The average molecular weight is 332 g/mol. The van der Waals surface area contributed by atoms with Gasteiger partial charge in [0.25, 0.3) is 0 Å². The Hall–Kier alpha value is -2.29. The van der Waals surface area contributed by atoms with Gasteiger partial charge < -0.3 is 20.1 Å². The highest BCUT2D eigenvalue weighted by atomic mass is 19.4. The molecule has 2 N–H and O–H groups in total. The van der Waals surface area contributed by atoms with Crippen molar-refractivity contribution in [3.63, 3.8) is 0 Å². The lowest BCUT2D eigenvalue weighted by atomic mass is 10.1. The number of carbonyl (C=O) groups excluding carboxylic acids is 2. The van der Waals surface area contributed by atoms with Crippen LogP contribution in [0.3, 0.4) is 0 Å². The largest absolute Gasteiger partial charge is 0.573 e. The molecule has 23 heavy (non-hydrogen) atoms. The van der Waals surface area contributed by atoms with Crippen LogP contribution in [0.4, 0.5) is 18.9 Å². The molecule has 1 aliphatic rings. The zero-order valence-electron chi connectivity index (χ0n) is 12.0. The summed E-state index contributed by atoms with van der Waals surface area (Å²) in [6.07, 6.45) is -4.54. The number of likely N-dealkylation sites (tertiary alicyclic amines) is 1. The second-order valence-electron chi connectivity index (χ2n) is 5.05. The number of aliphatic hydroxyl groups excluding tert-OH is 1. The third kappa shape index (κ3) is 4.85. The third-order valence-electron chi connectivity index (χ3n) is 3.24. The van der Waals surface area contributed by atoms with Gasteiger partial charge in [0.15, 0.2) is 5.75 Å². The number of ether oxygens (including phenoxy) is 1. The molecule has 1 aromatic carbocycles. The zero-order chi connectivity index (χ0) is 17.0. The summed E-state index contributed by atoms with van der Waals surface area (Å²) in [4.78, 5) is 25.1. The number of nitrogens with zero attached hydrogens (tertiary/aromatic N) is 1. The van der Waals surface area contributed by atoms with E-state index in [1.807, 2.05) is 0 Å². The van der Waals surface area contributed by atoms with Crippen molar-refractivity contribution in [1.82, 2.24) is 4.90 Å². The van der Waals surface area contributed by atoms with Crippen LogP contribution in [0.5, 0.6) is 5.75 Å². The van der Waals surface area contributed by atoms with Crippen LogP contribution in [-0.4, -0.2) is 47.4 Å². The Morgan fingerprint density at radius 3 is 2.65 bits per heavy atom. The molecule has 2 rings (SSSR count). The molecular formula is C14H15F3N2O4. The fraction of sp³-hybridized carbons (Fsp3) is 0.429. The van der Waals surface area contributed by atoms with Crippen molar-refractivity contribution in [2.45, 2.75) is 25.3 Å². The number of hydrogen-bond donors (Lipinski definition) is 2. The highest BCUT2D eigenvalue weighted by Crippen LogP contribution is 2.29. The molecular weight excluding hydrogens is 317 g/mol. The van der Waals surface area contributed by atoms with Gasteiger partial charge in [-0.2, -0.15) is 0 Å². The Morgan fingerprint density at radius 1 is 1.30 bits per heavy atom. The molecule has 1 saturated heterocycles. The van der Waals surface area contributed by atoms with Crippen molar-refractivity contribution >= 4 is 17.5 Å². The maximum atomic E-state index is 12.3. The summed E-state index contributed by atoms with van der Waals surface area (Å²) >= 11 is 0. The van der Waals surface area contributed by atoms with E-state index in [1.165, 1.54) is 18.2 Å². The van der Waals surface area contributed by atoms with Gasteiger partial charge in [0.05, 0.1) is 11.8 Å². The maximum absolute atomic E-state index is 12.3. The number of halogens is 3. The Labute approximate surface area is 129 Å². The van der Waals surface area contributed by atoms with Crippen molar-refractivity contribution in [3.8, 4) is 5.75 Å². The normalized spacial score (nSPS) is 18.4. The van der Waals surface area contributed by atoms with Gasteiger partial charge in [-0.25, -0.2) is 0 Å². The average Bonchev–Trinajstić information content (AvgIpc) is 2.47. The molecule has 1 unspecified atom stereocenters. The lowest BCUT2D eigenvalue weighted by molar-refractivity contribution is -0.274. The van der Waals surface area contributed by atoms with Crippen LogP contribution in [0.15, 0.2) is 24.3 Å². The first-order chi connectivity index (χ1) is 10.8. The number of alkyl halides is 3. The van der Waals surface area contributed by atoms with E-state index in [2.05, 4.69) is 10.1 Å². The Kier molecular flexibility index (Phi) is 5.09. The predicted molar refractivity (Wildman–Crippen MR) is 73.6 cm³/mol. The van der Waals surface area contributed by atoms with Crippen molar-refractivity contribution in [2.24, 2.45) is 0 Å². The predicted octanol–water partition coefficient (Wildman–Crippen LogP) is 1.51. The molecule has 0 spiro atoms. The summed E-state index contributed by atoms with van der Waals surface area (Å²) in [5, 5.41) is 11.6. The molecule has 0 saturated carbocycles. The molecule has 126 valence electrons. The molecule has 0 aliphatic carbocycles. The number of aliphatic hydroxyl groups is 1. The SMILES string of the molecule is O=C(Nc1ccccc1OC(F)(F)F)C(=O)N1CCCC(O)C1. The number of anilines is 1. The monoisotopic (exact) mass is 332 g/mol. The molecule has 6 nitrogen and oxygen atoms in total. The quantitative estimate of drug-likeness (QED) is 0.805. The van der Waals surface area contributed by atoms with Gasteiger partial charge in [-0.15, -0.1) is 13.2 Å². The molecule has 1 aliphatic heterocycles. The number of piperidine rings is 1. The van der Waals surface area contributed by atoms with Gasteiger partial charge in [0.1, 0.15) is 0 Å². The summed E-state index contributed by atoms with van der Waals surface area (Å²) in [6, 6.07) is 4.92. The second-order valence-corrected chi connectivity index (χ2v) is 5.05. The molecule has 1 atom stereocenters. The number of β-amino-alcohol motifs (C(OH)–C–C–N with tert-alkyl or cyclic N) is 1. The van der Waals surface area contributed by atoms with Crippen molar-refractivity contribution in [1.29, 1.82) is 0 Å². The van der Waals surface area contributed by atoms with E-state index < -0.39 is 30.0 Å². The molecule has 0 bridgehead atoms. The third-order valence-corrected chi connectivity index (χ3v) is 3.24. The van der Waals surface area contributed by atoms with Crippen molar-refractivity contribution in [2.75, 3.05) is 18.4 Å². The number of nitrogens with one attached hydrogen (secondary N) is 1. The van der Waals surface area contributed by atoms with Gasteiger partial charge in [-0.1, -0.05) is 12.1 Å². The minimum atomic E-state index is -4.91. The number of para-hydroxylation sites is 2. The van der Waals surface area contributed by atoms with Crippen LogP contribution in [-0.2, 0) is 9.59 Å². The number of carbonyl (C=O) groups is 2. The fourth-order valence-electron chi connectivity index (χ4n) is 2.24. The first-order valence-electron chi connectivity index (χ1n) is 6.89. The minimum absolute atomic E-state index is 0.0208. The summed E-state index contributed by atoms with van der Waals surface area (Å²) in [5.74, 6) is -2.61. The van der Waals surface area contributed by atoms with Gasteiger partial charge in [0.2, 0.25) is 0 Å². The number of amides is 2. The molecule has 9 heteroatoms. The zero-order valence-corrected chi connectivity index (χ0v) is 12.0. The molecule has 0 radical (unpaired) electrons. The first-order valence-corrected chi connectivity index (χ1v) is 6.89. The molecule has 1 heterocycles. The summed E-state index contributed by atoms with van der Waals surface area (Å²) in [6.45, 7) is 0.330. The van der Waals surface area contributed by atoms with E-state index in [-0.39, 0.29) is 12.2 Å². The second kappa shape index (κ2) is 6.86. The number of hydrogen-bond acceptors (Lipinski definition) is 4. The van der Waals surface area contributed by atoms with E-state index >= 15 is 0 Å². The van der Waals surface area contributed by atoms with Gasteiger partial charge in [-0.05, 0) is 25.0 Å². The van der Waals surface area contributed by atoms with Crippen LogP contribution < -0.4 is 10.1 Å². The lowest BCUT2D eigenvalue weighted by Gasteiger charge is -2.29.